The van der Waals surface area contributed by atoms with Gasteiger partial charge in [0.1, 0.15) is 0 Å². The van der Waals surface area contributed by atoms with Gasteiger partial charge in [-0.05, 0) is 97.9 Å². The van der Waals surface area contributed by atoms with Crippen LogP contribution in [0.4, 0.5) is 13.2 Å². The van der Waals surface area contributed by atoms with Crippen LogP contribution in [0.25, 0.3) is 11.1 Å². The third-order valence-corrected chi connectivity index (χ3v) is 8.62. The van der Waals surface area contributed by atoms with Gasteiger partial charge in [0, 0.05) is 3.92 Å². The maximum absolute atomic E-state index is 13.5. The highest BCUT2D eigenvalue weighted by atomic mass is 127. The van der Waals surface area contributed by atoms with Crippen LogP contribution in [-0.4, -0.2) is 3.92 Å². The quantitative estimate of drug-likeness (QED) is 0.208. The van der Waals surface area contributed by atoms with E-state index in [1.54, 1.807) is 0 Å². The van der Waals surface area contributed by atoms with E-state index < -0.39 is 17.5 Å². The highest BCUT2D eigenvalue weighted by Crippen LogP contribution is 2.42. The van der Waals surface area contributed by atoms with Crippen molar-refractivity contribution in [2.45, 2.75) is 68.1 Å². The molecule has 2 aromatic rings. The fourth-order valence-electron chi connectivity index (χ4n) is 5.46. The van der Waals surface area contributed by atoms with Crippen molar-refractivity contribution in [3.8, 4) is 11.1 Å². The summed E-state index contributed by atoms with van der Waals surface area (Å²) in [6.07, 6.45) is 13.5. The van der Waals surface area contributed by atoms with Crippen molar-refractivity contribution in [2.24, 2.45) is 17.8 Å². The highest BCUT2D eigenvalue weighted by molar-refractivity contribution is 14.1. The first kappa shape index (κ1) is 22.2. The van der Waals surface area contributed by atoms with Gasteiger partial charge in [0.2, 0.25) is 0 Å². The lowest BCUT2D eigenvalue weighted by molar-refractivity contribution is 0.166. The molecule has 2 aliphatic carbocycles. The van der Waals surface area contributed by atoms with Crippen LogP contribution < -0.4 is 0 Å². The Morgan fingerprint density at radius 2 is 1.23 bits per heavy atom. The molecule has 0 aliphatic heterocycles. The second-order valence-electron chi connectivity index (χ2n) is 9.28. The van der Waals surface area contributed by atoms with Crippen LogP contribution in [0.15, 0.2) is 36.4 Å². The zero-order valence-corrected chi connectivity index (χ0v) is 19.5. The van der Waals surface area contributed by atoms with Gasteiger partial charge in [0.25, 0.3) is 0 Å². The predicted octanol–water partition coefficient (Wildman–Crippen LogP) is 8.50. The van der Waals surface area contributed by atoms with Crippen LogP contribution >= 0.6 is 22.6 Å². The lowest BCUT2D eigenvalue weighted by Gasteiger charge is -2.37. The van der Waals surface area contributed by atoms with Gasteiger partial charge in [-0.15, -0.1) is 0 Å². The van der Waals surface area contributed by atoms with Crippen molar-refractivity contribution in [3.63, 3.8) is 0 Å². The maximum Gasteiger partial charge on any atom is 0.194 e. The fraction of sp³-hybridized carbons (Fsp3) is 0.538. The van der Waals surface area contributed by atoms with Crippen LogP contribution in [0, 0.1) is 35.2 Å². The Morgan fingerprint density at radius 3 is 1.80 bits per heavy atom. The average molecular weight is 526 g/mol. The topological polar surface area (TPSA) is 0 Å². The van der Waals surface area contributed by atoms with Crippen molar-refractivity contribution in [1.82, 2.24) is 0 Å². The molecule has 0 aromatic heterocycles. The Kier molecular flexibility index (Phi) is 7.43. The lowest BCUT2D eigenvalue weighted by Crippen LogP contribution is -2.26. The number of benzene rings is 2. The average Bonchev–Trinajstić information content (AvgIpc) is 2.77. The Bertz CT molecular complexity index is 809. The minimum absolute atomic E-state index is 0.368. The van der Waals surface area contributed by atoms with Crippen molar-refractivity contribution in [2.75, 3.05) is 0 Å². The van der Waals surface area contributed by atoms with Gasteiger partial charge in [-0.1, -0.05) is 59.7 Å². The largest absolute Gasteiger partial charge is 0.204 e. The number of hydrogen-bond acceptors (Lipinski definition) is 0. The summed E-state index contributed by atoms with van der Waals surface area (Å²) in [6, 6.07) is 9.92. The van der Waals surface area contributed by atoms with Crippen molar-refractivity contribution in [3.05, 3.63) is 59.4 Å². The molecule has 2 aliphatic rings. The first-order valence-electron chi connectivity index (χ1n) is 11.4. The Balaban J connectivity index is 1.26. The number of rotatable bonds is 5. The molecule has 0 N–H and O–H groups in total. The zero-order chi connectivity index (χ0) is 21.1. The summed E-state index contributed by atoms with van der Waals surface area (Å²) in [5.74, 6) is -0.949. The van der Waals surface area contributed by atoms with Gasteiger partial charge in [-0.3, -0.25) is 0 Å². The van der Waals surface area contributed by atoms with Gasteiger partial charge >= 0.3 is 0 Å². The molecule has 0 heterocycles. The van der Waals surface area contributed by atoms with Crippen LogP contribution in [-0.2, 0) is 6.42 Å². The first-order chi connectivity index (χ1) is 14.5. The van der Waals surface area contributed by atoms with Crippen LogP contribution in [0.1, 0.15) is 63.4 Å². The molecule has 0 saturated heterocycles. The SMILES string of the molecule is Fc1cc(-c2ccc(CCC3CCC(C4CCC(I)CC4)CC3)cc2)cc(F)c1F. The molecular weight excluding hydrogens is 496 g/mol. The van der Waals surface area contributed by atoms with E-state index in [2.05, 4.69) is 22.6 Å². The maximum atomic E-state index is 13.5. The van der Waals surface area contributed by atoms with Crippen LogP contribution in [0.3, 0.4) is 0 Å². The molecule has 0 bridgehead atoms. The summed E-state index contributed by atoms with van der Waals surface area (Å²) in [6.45, 7) is 0. The molecule has 2 fully saturated rings. The third-order valence-electron chi connectivity index (χ3n) is 7.37. The smallest absolute Gasteiger partial charge is 0.194 e. The summed E-state index contributed by atoms with van der Waals surface area (Å²) in [4.78, 5) is 0. The molecule has 2 saturated carbocycles. The lowest BCUT2D eigenvalue weighted by atomic mass is 9.70. The van der Waals surface area contributed by atoms with Gasteiger partial charge in [0.15, 0.2) is 17.5 Å². The summed E-state index contributed by atoms with van der Waals surface area (Å²) >= 11 is 2.62. The van der Waals surface area contributed by atoms with Crippen LogP contribution in [0.2, 0.25) is 0 Å². The molecular formula is C26H30F3I. The molecule has 0 radical (unpaired) electrons. The minimum atomic E-state index is -1.41. The van der Waals surface area contributed by atoms with Gasteiger partial charge < -0.3 is 0 Å². The van der Waals surface area contributed by atoms with E-state index in [1.165, 1.54) is 63.4 Å². The summed E-state index contributed by atoms with van der Waals surface area (Å²) < 4.78 is 41.0. The van der Waals surface area contributed by atoms with Gasteiger partial charge in [0.05, 0.1) is 0 Å². The molecule has 0 spiro atoms. The zero-order valence-electron chi connectivity index (χ0n) is 17.4. The molecule has 0 unspecified atom stereocenters. The molecule has 4 rings (SSSR count). The standard InChI is InChI=1S/C26H30F3I/c27-24-15-22(16-25(28)26(24)29)21-9-5-18(6-10-21)2-1-17-3-7-19(8-4-17)20-11-13-23(30)14-12-20/h5-6,9-10,15-17,19-20,23H,1-4,7-8,11-14H2. The number of halogens is 4. The van der Waals surface area contributed by atoms with E-state index in [9.17, 15) is 13.2 Å². The molecule has 4 heteroatoms. The second-order valence-corrected chi connectivity index (χ2v) is 11.0. The summed E-state index contributed by atoms with van der Waals surface area (Å²) in [7, 11) is 0. The normalized spacial score (nSPS) is 27.2. The Morgan fingerprint density at radius 1 is 0.700 bits per heavy atom. The molecule has 0 nitrogen and oxygen atoms in total. The highest BCUT2D eigenvalue weighted by Gasteiger charge is 2.30. The summed E-state index contributed by atoms with van der Waals surface area (Å²) in [5, 5.41) is 0. The Hall–Kier alpha value is -1.04. The van der Waals surface area contributed by atoms with E-state index in [0.717, 1.165) is 40.2 Å². The number of hydrogen-bond donors (Lipinski definition) is 0. The summed E-state index contributed by atoms with van der Waals surface area (Å²) in [5.41, 5.74) is 2.33. The van der Waals surface area contributed by atoms with E-state index in [0.29, 0.717) is 11.1 Å². The van der Waals surface area contributed by atoms with E-state index >= 15 is 0 Å². The fourth-order valence-corrected chi connectivity index (χ4v) is 6.17. The predicted molar refractivity (Wildman–Crippen MR) is 125 cm³/mol. The molecule has 162 valence electrons. The first-order valence-corrected chi connectivity index (χ1v) is 12.6. The number of alkyl halides is 1. The minimum Gasteiger partial charge on any atom is -0.204 e. The van der Waals surface area contributed by atoms with E-state index in [4.69, 9.17) is 0 Å². The molecule has 0 atom stereocenters. The number of aryl methyl sites for hydroxylation is 1. The van der Waals surface area contributed by atoms with Crippen molar-refractivity contribution < 1.29 is 13.2 Å². The van der Waals surface area contributed by atoms with Crippen molar-refractivity contribution >= 4 is 22.6 Å². The van der Waals surface area contributed by atoms with E-state index in [1.807, 2.05) is 24.3 Å². The van der Waals surface area contributed by atoms with Crippen LogP contribution in [0.5, 0.6) is 0 Å². The Labute approximate surface area is 191 Å². The molecule has 2 aromatic carbocycles. The molecule has 30 heavy (non-hydrogen) atoms. The van der Waals surface area contributed by atoms with E-state index in [-0.39, 0.29) is 0 Å². The monoisotopic (exact) mass is 526 g/mol. The second kappa shape index (κ2) is 10.1. The van der Waals surface area contributed by atoms with Gasteiger partial charge in [-0.25, -0.2) is 13.2 Å². The van der Waals surface area contributed by atoms with Gasteiger partial charge in [-0.2, -0.15) is 0 Å². The third kappa shape index (κ3) is 5.41. The van der Waals surface area contributed by atoms with Crippen molar-refractivity contribution in [1.29, 1.82) is 0 Å². The molecule has 0 amide bonds.